The second-order valence-electron chi connectivity index (χ2n) is 13.8. The first-order chi connectivity index (χ1) is 21.1. The van der Waals surface area contributed by atoms with Crippen LogP contribution in [0.5, 0.6) is 0 Å². The highest BCUT2D eigenvalue weighted by Gasteiger charge is 2.05. The Morgan fingerprint density at radius 1 is 0.395 bits per heavy atom. The summed E-state index contributed by atoms with van der Waals surface area (Å²) >= 11 is 0. The van der Waals surface area contributed by atoms with Crippen molar-refractivity contribution in [1.82, 2.24) is 0 Å². The molecular formula is C40H83NO2. The maximum absolute atomic E-state index is 9.26. The average Bonchev–Trinajstić information content (AvgIpc) is 3.00. The summed E-state index contributed by atoms with van der Waals surface area (Å²) in [5.74, 6) is -0.995. The van der Waals surface area contributed by atoms with Crippen LogP contribution in [0.1, 0.15) is 245 Å². The highest BCUT2D eigenvalue weighted by atomic mass is 16.4. The molecule has 0 heterocycles. The molecule has 0 saturated carbocycles. The summed E-state index contributed by atoms with van der Waals surface area (Å²) in [6, 6.07) is 0.716. The fraction of sp³-hybridized carbons (Fsp3) is 0.975. The zero-order valence-electron chi connectivity index (χ0n) is 30.3. The van der Waals surface area contributed by atoms with E-state index in [-0.39, 0.29) is 6.42 Å². The lowest BCUT2D eigenvalue weighted by molar-refractivity contribution is -0.423. The van der Waals surface area contributed by atoms with E-state index in [0.717, 1.165) is 0 Å². The van der Waals surface area contributed by atoms with Crippen molar-refractivity contribution < 1.29 is 15.6 Å². The normalized spacial score (nSPS) is 11.2. The maximum atomic E-state index is 9.26. The topological polar surface area (TPSA) is 67.8 Å². The van der Waals surface area contributed by atoms with Crippen molar-refractivity contribution in [2.24, 2.45) is 0 Å². The van der Waals surface area contributed by atoms with Crippen LogP contribution in [0.4, 0.5) is 0 Å². The van der Waals surface area contributed by atoms with Crippen molar-refractivity contribution in [1.29, 1.82) is 0 Å². The molecular weight excluding hydrogens is 526 g/mol. The van der Waals surface area contributed by atoms with Crippen LogP contribution in [0.25, 0.3) is 0 Å². The second-order valence-corrected chi connectivity index (χ2v) is 13.8. The van der Waals surface area contributed by atoms with Crippen molar-refractivity contribution >= 4 is 5.97 Å². The van der Waals surface area contributed by atoms with Gasteiger partial charge in [-0.2, -0.15) is 0 Å². The number of hydrogen-bond donors (Lipinski definition) is 1. The molecule has 0 aromatic heterocycles. The van der Waals surface area contributed by atoms with Crippen LogP contribution in [0.2, 0.25) is 0 Å². The van der Waals surface area contributed by atoms with E-state index in [9.17, 15) is 9.90 Å². The molecule has 0 atom stereocenters. The van der Waals surface area contributed by atoms with E-state index < -0.39 is 5.97 Å². The number of carbonyl (C=O) groups is 1. The second kappa shape index (κ2) is 41.4. The van der Waals surface area contributed by atoms with E-state index in [1.165, 1.54) is 225 Å². The first kappa shape index (κ1) is 44.6. The molecule has 260 valence electrons. The van der Waals surface area contributed by atoms with Crippen molar-refractivity contribution in [2.45, 2.75) is 252 Å². The number of carbonyl (C=O) groups excluding carboxylic acids is 1. The molecule has 0 fully saturated rings. The smallest absolute Gasteiger partial charge is 0.0843 e. The van der Waals surface area contributed by atoms with Crippen molar-refractivity contribution in [3.05, 3.63) is 0 Å². The Kier molecular flexibility index (Phi) is 42.9. The van der Waals surface area contributed by atoms with Crippen LogP contribution in [-0.4, -0.2) is 12.0 Å². The highest BCUT2D eigenvalue weighted by molar-refractivity contribution is 5.63. The van der Waals surface area contributed by atoms with Crippen LogP contribution in [0.15, 0.2) is 0 Å². The van der Waals surface area contributed by atoms with Crippen molar-refractivity contribution in [3.8, 4) is 0 Å². The third kappa shape index (κ3) is 46.0. The molecule has 43 heavy (non-hydrogen) atoms. The van der Waals surface area contributed by atoms with Gasteiger partial charge >= 0.3 is 0 Å². The molecule has 3 nitrogen and oxygen atoms in total. The Bertz CT molecular complexity index is 459. The number of quaternary nitrogens is 1. The predicted octanol–water partition coefficient (Wildman–Crippen LogP) is 12.0. The van der Waals surface area contributed by atoms with Gasteiger partial charge in [0.2, 0.25) is 0 Å². The van der Waals surface area contributed by atoms with Gasteiger partial charge in [-0.05, 0) is 32.1 Å². The third-order valence-corrected chi connectivity index (χ3v) is 9.22. The summed E-state index contributed by atoms with van der Waals surface area (Å²) in [7, 11) is 0. The number of carboxylic acid groups (broad SMARTS) is 1. The lowest BCUT2D eigenvalue weighted by Crippen LogP contribution is -2.60. The molecule has 0 saturated heterocycles. The molecule has 0 unspecified atom stereocenters. The number of unbranched alkanes of at least 4 members (excludes halogenated alkanes) is 30. The van der Waals surface area contributed by atoms with Gasteiger partial charge in [-0.1, -0.05) is 213 Å². The lowest BCUT2D eigenvalue weighted by Gasteiger charge is -2.09. The van der Waals surface area contributed by atoms with Gasteiger partial charge in [-0.25, -0.2) is 0 Å². The zero-order chi connectivity index (χ0) is 31.9. The summed E-state index contributed by atoms with van der Waals surface area (Å²) in [4.78, 5) is 9.26. The Morgan fingerprint density at radius 3 is 0.721 bits per heavy atom. The monoisotopic (exact) mass is 610 g/mol. The largest absolute Gasteiger partial charge is 0.550 e. The van der Waals surface area contributed by atoms with Gasteiger partial charge in [-0.15, -0.1) is 0 Å². The van der Waals surface area contributed by atoms with Gasteiger partial charge in [0.1, 0.15) is 0 Å². The van der Waals surface area contributed by atoms with Crippen LogP contribution in [-0.2, 0) is 4.79 Å². The molecule has 0 aliphatic rings. The van der Waals surface area contributed by atoms with Gasteiger partial charge in [0, 0.05) is 5.97 Å². The van der Waals surface area contributed by atoms with E-state index in [0.29, 0.717) is 6.04 Å². The highest BCUT2D eigenvalue weighted by Crippen LogP contribution is 2.16. The third-order valence-electron chi connectivity index (χ3n) is 9.22. The fourth-order valence-corrected chi connectivity index (χ4v) is 6.11. The number of aliphatic carboxylic acids is 1. The first-order valence-corrected chi connectivity index (χ1v) is 20.1. The van der Waals surface area contributed by atoms with Gasteiger partial charge < -0.3 is 15.6 Å². The van der Waals surface area contributed by atoms with E-state index in [4.69, 9.17) is 0 Å². The minimum Gasteiger partial charge on any atom is -0.550 e. The Balaban J connectivity index is 0. The van der Waals surface area contributed by atoms with Crippen LogP contribution in [0.3, 0.4) is 0 Å². The van der Waals surface area contributed by atoms with Gasteiger partial charge in [0.05, 0.1) is 6.04 Å². The van der Waals surface area contributed by atoms with Crippen LogP contribution < -0.4 is 10.8 Å². The van der Waals surface area contributed by atoms with E-state index >= 15 is 0 Å². The number of hydrogen-bond acceptors (Lipinski definition) is 2. The van der Waals surface area contributed by atoms with Crippen molar-refractivity contribution in [2.75, 3.05) is 0 Å². The molecule has 0 bridgehead atoms. The number of rotatable bonds is 35. The zero-order valence-corrected chi connectivity index (χ0v) is 30.3. The van der Waals surface area contributed by atoms with E-state index in [1.54, 1.807) is 0 Å². The lowest BCUT2D eigenvalue weighted by atomic mass is 10.00. The molecule has 0 aliphatic heterocycles. The minimum absolute atomic E-state index is 0.111. The summed E-state index contributed by atoms with van der Waals surface area (Å²) in [5.41, 5.74) is 4.45. The molecule has 0 spiro atoms. The van der Waals surface area contributed by atoms with Crippen LogP contribution in [0, 0.1) is 0 Å². The van der Waals surface area contributed by atoms with Gasteiger partial charge in [0.15, 0.2) is 0 Å². The Hall–Kier alpha value is -0.570. The Labute approximate surface area is 272 Å². The molecule has 0 aromatic carbocycles. The minimum atomic E-state index is -0.995. The quantitative estimate of drug-likeness (QED) is 0.0726. The average molecular weight is 610 g/mol. The van der Waals surface area contributed by atoms with Crippen LogP contribution >= 0.6 is 0 Å². The first-order valence-electron chi connectivity index (χ1n) is 20.1. The summed E-state index contributed by atoms with van der Waals surface area (Å²) < 4.78 is 0. The maximum Gasteiger partial charge on any atom is 0.0843 e. The molecule has 0 aromatic rings. The van der Waals surface area contributed by atoms with Crippen molar-refractivity contribution in [3.63, 3.8) is 0 Å². The fourth-order valence-electron chi connectivity index (χ4n) is 6.11. The van der Waals surface area contributed by atoms with E-state index in [2.05, 4.69) is 19.6 Å². The summed E-state index contributed by atoms with van der Waals surface area (Å²) in [5, 5.41) is 9.26. The standard InChI is InChI=1S/C37H77N.C3H6O2/c1-3-5-7-9-11-13-15-17-19-21-23-25-27-29-31-33-35-37(38)36-34-32-30-28-26-24-22-20-18-16-14-12-10-8-6-4-2;1-2-3(4)5/h37H,3-36,38H2,1-2H3;2H2,1H3,(H,4,5). The predicted molar refractivity (Wildman–Crippen MR) is 190 cm³/mol. The Morgan fingerprint density at radius 2 is 0.558 bits per heavy atom. The summed E-state index contributed by atoms with van der Waals surface area (Å²) in [6.45, 7) is 6.15. The molecule has 0 amide bonds. The molecule has 0 rings (SSSR count). The number of carboxylic acids is 1. The van der Waals surface area contributed by atoms with E-state index in [1.807, 2.05) is 0 Å². The van der Waals surface area contributed by atoms with Gasteiger partial charge in [0.25, 0.3) is 0 Å². The SMILES string of the molecule is CCC(=O)[O-].CCCCCCCCCCCCCCCCCCC([NH3+])CCCCCCCCCCCCCCCCCC. The molecule has 0 aliphatic carbocycles. The molecule has 3 heteroatoms. The van der Waals surface area contributed by atoms with Gasteiger partial charge in [-0.3, -0.25) is 0 Å². The molecule has 3 N–H and O–H groups in total. The summed E-state index contributed by atoms with van der Waals surface area (Å²) in [6.07, 6.45) is 49.7. The molecule has 0 radical (unpaired) electrons.